The normalized spacial score (nSPS) is 10.8. The largest absolute Gasteiger partial charge is 0.427 e. The van der Waals surface area contributed by atoms with Crippen molar-refractivity contribution in [2.24, 2.45) is 5.92 Å². The van der Waals surface area contributed by atoms with Crippen molar-refractivity contribution in [2.45, 2.75) is 85.0 Å². The summed E-state index contributed by atoms with van der Waals surface area (Å²) in [4.78, 5) is 23.3. The van der Waals surface area contributed by atoms with Crippen molar-refractivity contribution in [3.63, 3.8) is 0 Å². The molecular formula is C22H34O4. The minimum atomic E-state index is -0.249. The summed E-state index contributed by atoms with van der Waals surface area (Å²) in [6.45, 7) is 6.45. The second-order valence-electron chi connectivity index (χ2n) is 7.22. The highest BCUT2D eigenvalue weighted by Gasteiger charge is 2.07. The Kier molecular flexibility index (Phi) is 11.4. The maximum Gasteiger partial charge on any atom is 0.311 e. The van der Waals surface area contributed by atoms with Crippen LogP contribution in [0.25, 0.3) is 0 Å². The number of carbonyl (C=O) groups is 2. The Morgan fingerprint density at radius 3 is 1.73 bits per heavy atom. The number of esters is 2. The molecule has 0 aliphatic carbocycles. The number of unbranched alkanes of at least 4 members (excludes halogenated alkanes) is 5. The molecule has 0 atom stereocenters. The lowest BCUT2D eigenvalue weighted by molar-refractivity contribution is -0.135. The average molecular weight is 363 g/mol. The van der Waals surface area contributed by atoms with Crippen molar-refractivity contribution in [2.75, 3.05) is 0 Å². The van der Waals surface area contributed by atoms with Crippen molar-refractivity contribution in [1.82, 2.24) is 0 Å². The van der Waals surface area contributed by atoms with E-state index in [2.05, 4.69) is 13.8 Å². The van der Waals surface area contributed by atoms with Crippen LogP contribution in [0.1, 0.15) is 85.0 Å². The maximum atomic E-state index is 11.9. The topological polar surface area (TPSA) is 52.6 Å². The summed E-state index contributed by atoms with van der Waals surface area (Å²) in [6.07, 6.45) is 9.88. The van der Waals surface area contributed by atoms with E-state index < -0.39 is 0 Å². The first-order valence-electron chi connectivity index (χ1n) is 10.0. The molecule has 0 spiro atoms. The van der Waals surface area contributed by atoms with Crippen LogP contribution < -0.4 is 9.47 Å². The van der Waals surface area contributed by atoms with Crippen molar-refractivity contribution in [1.29, 1.82) is 0 Å². The molecule has 146 valence electrons. The van der Waals surface area contributed by atoms with Crippen LogP contribution in [0.2, 0.25) is 0 Å². The van der Waals surface area contributed by atoms with E-state index in [-0.39, 0.29) is 11.9 Å². The molecule has 26 heavy (non-hydrogen) atoms. The Labute approximate surface area is 158 Å². The SMILES string of the molecule is CCCC(=O)Oc1ccc(OC(=O)CCCCCCCCC(C)C)cc1. The number of ether oxygens (including phenoxy) is 2. The van der Waals surface area contributed by atoms with E-state index in [1.54, 1.807) is 24.3 Å². The lowest BCUT2D eigenvalue weighted by Crippen LogP contribution is -2.08. The predicted molar refractivity (Wildman–Crippen MR) is 104 cm³/mol. The third kappa shape index (κ3) is 10.9. The summed E-state index contributed by atoms with van der Waals surface area (Å²) >= 11 is 0. The highest BCUT2D eigenvalue weighted by molar-refractivity contribution is 5.73. The molecule has 4 nitrogen and oxygen atoms in total. The monoisotopic (exact) mass is 362 g/mol. The van der Waals surface area contributed by atoms with Crippen LogP contribution in [0.5, 0.6) is 11.5 Å². The average Bonchev–Trinajstić information content (AvgIpc) is 2.59. The quantitative estimate of drug-likeness (QED) is 0.243. The molecule has 0 aromatic heterocycles. The summed E-state index contributed by atoms with van der Waals surface area (Å²) in [5.41, 5.74) is 0. The number of hydrogen-bond acceptors (Lipinski definition) is 4. The van der Waals surface area contributed by atoms with Gasteiger partial charge in [-0.3, -0.25) is 9.59 Å². The smallest absolute Gasteiger partial charge is 0.311 e. The molecule has 4 heteroatoms. The van der Waals surface area contributed by atoms with Gasteiger partial charge in [0.25, 0.3) is 0 Å². The third-order valence-corrected chi connectivity index (χ3v) is 4.15. The molecule has 0 saturated carbocycles. The lowest BCUT2D eigenvalue weighted by Gasteiger charge is -2.07. The molecule has 0 aliphatic rings. The molecule has 0 bridgehead atoms. The van der Waals surface area contributed by atoms with Crippen LogP contribution in [0, 0.1) is 5.92 Å². The fourth-order valence-corrected chi connectivity index (χ4v) is 2.67. The maximum absolute atomic E-state index is 11.9. The highest BCUT2D eigenvalue weighted by atomic mass is 16.5. The molecule has 0 amide bonds. The first kappa shape index (κ1) is 22.2. The Hall–Kier alpha value is -1.84. The molecule has 0 saturated heterocycles. The zero-order chi connectivity index (χ0) is 19.2. The van der Waals surface area contributed by atoms with Crippen molar-refractivity contribution in [3.05, 3.63) is 24.3 Å². The second-order valence-corrected chi connectivity index (χ2v) is 7.22. The molecule has 0 fully saturated rings. The van der Waals surface area contributed by atoms with Gasteiger partial charge in [0.15, 0.2) is 0 Å². The van der Waals surface area contributed by atoms with Crippen LogP contribution in [-0.4, -0.2) is 11.9 Å². The van der Waals surface area contributed by atoms with E-state index in [0.29, 0.717) is 24.3 Å². The van der Waals surface area contributed by atoms with Crippen molar-refractivity contribution >= 4 is 11.9 Å². The molecule has 1 aromatic rings. The fourth-order valence-electron chi connectivity index (χ4n) is 2.67. The van der Waals surface area contributed by atoms with Gasteiger partial charge < -0.3 is 9.47 Å². The first-order valence-corrected chi connectivity index (χ1v) is 10.0. The summed E-state index contributed by atoms with van der Waals surface area (Å²) < 4.78 is 10.5. The molecule has 1 rings (SSSR count). The van der Waals surface area contributed by atoms with E-state index in [9.17, 15) is 9.59 Å². The van der Waals surface area contributed by atoms with Gasteiger partial charge in [-0.05, 0) is 43.0 Å². The van der Waals surface area contributed by atoms with Gasteiger partial charge in [-0.2, -0.15) is 0 Å². The van der Waals surface area contributed by atoms with E-state index in [0.717, 1.165) is 25.2 Å². The zero-order valence-electron chi connectivity index (χ0n) is 16.6. The van der Waals surface area contributed by atoms with Gasteiger partial charge in [-0.1, -0.05) is 59.3 Å². The minimum Gasteiger partial charge on any atom is -0.427 e. The number of rotatable bonds is 13. The van der Waals surface area contributed by atoms with E-state index in [1.807, 2.05) is 6.92 Å². The van der Waals surface area contributed by atoms with E-state index in [1.165, 1.54) is 32.1 Å². The Bertz CT molecular complexity index is 519. The first-order chi connectivity index (χ1) is 12.5. The highest BCUT2D eigenvalue weighted by Crippen LogP contribution is 2.19. The minimum absolute atomic E-state index is 0.208. The fraction of sp³-hybridized carbons (Fsp3) is 0.636. The van der Waals surface area contributed by atoms with Crippen LogP contribution in [0.15, 0.2) is 24.3 Å². The van der Waals surface area contributed by atoms with Gasteiger partial charge in [-0.25, -0.2) is 0 Å². The second kappa shape index (κ2) is 13.4. The molecule has 0 radical (unpaired) electrons. The van der Waals surface area contributed by atoms with Gasteiger partial charge in [0, 0.05) is 12.8 Å². The van der Waals surface area contributed by atoms with Crippen molar-refractivity contribution in [3.8, 4) is 11.5 Å². The van der Waals surface area contributed by atoms with Crippen LogP contribution in [0.4, 0.5) is 0 Å². The lowest BCUT2D eigenvalue weighted by atomic mass is 10.0. The standard InChI is InChI=1S/C22H34O4/c1-4-11-21(23)25-19-14-16-20(17-15-19)26-22(24)13-10-8-6-5-7-9-12-18(2)3/h14-18H,4-13H2,1-3H3. The Balaban J connectivity index is 2.14. The molecule has 0 heterocycles. The number of hydrogen-bond donors (Lipinski definition) is 0. The summed E-state index contributed by atoms with van der Waals surface area (Å²) in [5.74, 6) is 1.30. The summed E-state index contributed by atoms with van der Waals surface area (Å²) in [6, 6.07) is 6.60. The summed E-state index contributed by atoms with van der Waals surface area (Å²) in [5, 5.41) is 0. The molecular weight excluding hydrogens is 328 g/mol. The molecule has 0 N–H and O–H groups in total. The van der Waals surface area contributed by atoms with Gasteiger partial charge in [0.05, 0.1) is 0 Å². The number of benzene rings is 1. The van der Waals surface area contributed by atoms with E-state index >= 15 is 0 Å². The molecule has 0 aliphatic heterocycles. The summed E-state index contributed by atoms with van der Waals surface area (Å²) in [7, 11) is 0. The van der Waals surface area contributed by atoms with E-state index in [4.69, 9.17) is 9.47 Å². The molecule has 1 aromatic carbocycles. The Morgan fingerprint density at radius 1 is 0.769 bits per heavy atom. The predicted octanol–water partition coefficient (Wildman–Crippen LogP) is 6.07. The van der Waals surface area contributed by atoms with Crippen molar-refractivity contribution < 1.29 is 19.1 Å². The van der Waals surface area contributed by atoms with Gasteiger partial charge in [-0.15, -0.1) is 0 Å². The molecule has 0 unspecified atom stereocenters. The van der Waals surface area contributed by atoms with Gasteiger partial charge in [0.1, 0.15) is 11.5 Å². The van der Waals surface area contributed by atoms with Crippen LogP contribution in [0.3, 0.4) is 0 Å². The number of carbonyl (C=O) groups excluding carboxylic acids is 2. The van der Waals surface area contributed by atoms with Gasteiger partial charge in [0.2, 0.25) is 0 Å². The Morgan fingerprint density at radius 2 is 1.23 bits per heavy atom. The van der Waals surface area contributed by atoms with Crippen LogP contribution in [-0.2, 0) is 9.59 Å². The van der Waals surface area contributed by atoms with Gasteiger partial charge >= 0.3 is 11.9 Å². The van der Waals surface area contributed by atoms with Crippen LogP contribution >= 0.6 is 0 Å². The zero-order valence-corrected chi connectivity index (χ0v) is 16.6. The third-order valence-electron chi connectivity index (χ3n) is 4.15.